The van der Waals surface area contributed by atoms with E-state index in [0.29, 0.717) is 0 Å². The number of carbonyl (C=O) groups excluding carboxylic acids is 1. The van der Waals surface area contributed by atoms with Crippen LogP contribution in [0.2, 0.25) is 0 Å². The van der Waals surface area contributed by atoms with E-state index < -0.39 is 0 Å². The molecule has 0 aromatic heterocycles. The summed E-state index contributed by atoms with van der Waals surface area (Å²) in [6.45, 7) is 0. The highest BCUT2D eigenvalue weighted by molar-refractivity contribution is 5.49. The van der Waals surface area contributed by atoms with E-state index in [1.165, 1.54) is 11.1 Å². The summed E-state index contributed by atoms with van der Waals surface area (Å²) in [7, 11) is 0. The van der Waals surface area contributed by atoms with Gasteiger partial charge in [0.1, 0.15) is 0 Å². The number of nitrogens with two attached hydrogens (primary N) is 1. The maximum atomic E-state index is 10.5. The van der Waals surface area contributed by atoms with Crippen LogP contribution in [0.4, 0.5) is 0 Å². The first-order valence-electron chi connectivity index (χ1n) is 4.86. The van der Waals surface area contributed by atoms with Gasteiger partial charge in [-0.25, -0.2) is 0 Å². The average Bonchev–Trinajstić information content (AvgIpc) is 2.23. The van der Waals surface area contributed by atoms with E-state index in [-0.39, 0.29) is 12.1 Å². The van der Waals surface area contributed by atoms with Gasteiger partial charge in [0, 0.05) is 6.04 Å². The van der Waals surface area contributed by atoms with Gasteiger partial charge in [-0.2, -0.15) is 0 Å². The number of rotatable bonds is 2. The van der Waals surface area contributed by atoms with Crippen LogP contribution in [0.25, 0.3) is 0 Å². The fourth-order valence-corrected chi connectivity index (χ4v) is 2.07. The Morgan fingerprint density at radius 2 is 2.21 bits per heavy atom. The Hall–Kier alpha value is -1.35. The molecule has 1 aliphatic carbocycles. The quantitative estimate of drug-likeness (QED) is 0.676. The third kappa shape index (κ3) is 1.51. The Bertz CT molecular complexity index is 338. The topological polar surface area (TPSA) is 55.1 Å². The van der Waals surface area contributed by atoms with Crippen molar-refractivity contribution in [3.63, 3.8) is 0 Å². The summed E-state index contributed by atoms with van der Waals surface area (Å²) in [5, 5.41) is 2.78. The van der Waals surface area contributed by atoms with E-state index in [1.807, 2.05) is 18.2 Å². The molecule has 0 aliphatic heterocycles. The van der Waals surface area contributed by atoms with Crippen LogP contribution in [-0.4, -0.2) is 12.5 Å². The number of fused-ring (bicyclic) bond motifs is 1. The lowest BCUT2D eigenvalue weighted by Gasteiger charge is -2.30. The number of hydrogen-bond donors (Lipinski definition) is 2. The van der Waals surface area contributed by atoms with Gasteiger partial charge in [-0.3, -0.25) is 4.79 Å². The van der Waals surface area contributed by atoms with Crippen molar-refractivity contribution in [1.82, 2.24) is 5.32 Å². The van der Waals surface area contributed by atoms with E-state index in [9.17, 15) is 4.79 Å². The molecule has 1 amide bonds. The minimum atomic E-state index is -0.0163. The lowest BCUT2D eigenvalue weighted by molar-refractivity contribution is -0.110. The van der Waals surface area contributed by atoms with Crippen LogP contribution in [0.3, 0.4) is 0 Å². The van der Waals surface area contributed by atoms with Crippen molar-refractivity contribution in [3.8, 4) is 0 Å². The van der Waals surface area contributed by atoms with Gasteiger partial charge < -0.3 is 11.1 Å². The Balaban J connectivity index is 2.35. The first-order chi connectivity index (χ1) is 6.83. The van der Waals surface area contributed by atoms with Crippen molar-refractivity contribution >= 4 is 6.41 Å². The second kappa shape index (κ2) is 3.80. The second-order valence-corrected chi connectivity index (χ2v) is 3.66. The first-order valence-corrected chi connectivity index (χ1v) is 4.86. The molecule has 1 aliphatic rings. The molecule has 2 rings (SSSR count). The molecule has 0 bridgehead atoms. The number of benzene rings is 1. The Morgan fingerprint density at radius 3 is 3.00 bits per heavy atom. The van der Waals surface area contributed by atoms with Crippen molar-refractivity contribution < 1.29 is 4.79 Å². The summed E-state index contributed by atoms with van der Waals surface area (Å²) in [5.41, 5.74) is 8.42. The number of hydrogen-bond acceptors (Lipinski definition) is 2. The predicted octanol–water partition coefficient (Wildman–Crippen LogP) is 0.747. The SMILES string of the molecule is NC1CCc2ccccc2C1NC=O. The third-order valence-electron chi connectivity index (χ3n) is 2.81. The van der Waals surface area contributed by atoms with Crippen LogP contribution in [-0.2, 0) is 11.2 Å². The fourth-order valence-electron chi connectivity index (χ4n) is 2.07. The maximum Gasteiger partial charge on any atom is 0.207 e. The zero-order valence-corrected chi connectivity index (χ0v) is 7.94. The molecular formula is C11H14N2O. The molecule has 1 aromatic carbocycles. The predicted molar refractivity (Wildman–Crippen MR) is 54.7 cm³/mol. The van der Waals surface area contributed by atoms with Gasteiger partial charge in [-0.15, -0.1) is 0 Å². The molecule has 0 radical (unpaired) electrons. The number of amides is 1. The Kier molecular flexibility index (Phi) is 2.50. The summed E-state index contributed by atoms with van der Waals surface area (Å²) in [4.78, 5) is 10.5. The molecule has 3 N–H and O–H groups in total. The van der Waals surface area contributed by atoms with Gasteiger partial charge in [0.15, 0.2) is 0 Å². The van der Waals surface area contributed by atoms with Crippen molar-refractivity contribution in [2.75, 3.05) is 0 Å². The molecule has 0 fully saturated rings. The van der Waals surface area contributed by atoms with Crippen LogP contribution >= 0.6 is 0 Å². The lowest BCUT2D eigenvalue weighted by Crippen LogP contribution is -2.40. The molecule has 3 heteroatoms. The summed E-state index contributed by atoms with van der Waals surface area (Å²) < 4.78 is 0. The smallest absolute Gasteiger partial charge is 0.207 e. The van der Waals surface area contributed by atoms with Crippen LogP contribution in [0, 0.1) is 0 Å². The molecule has 2 atom stereocenters. The molecule has 0 saturated carbocycles. The Morgan fingerprint density at radius 1 is 1.43 bits per heavy atom. The standard InChI is InChI=1S/C11H14N2O/c12-10-6-5-8-3-1-2-4-9(8)11(10)13-7-14/h1-4,7,10-11H,5-6,12H2,(H,13,14). The normalized spacial score (nSPS) is 25.2. The molecular weight excluding hydrogens is 176 g/mol. The second-order valence-electron chi connectivity index (χ2n) is 3.66. The monoisotopic (exact) mass is 190 g/mol. The average molecular weight is 190 g/mol. The molecule has 0 heterocycles. The summed E-state index contributed by atoms with van der Waals surface area (Å²) in [6, 6.07) is 8.16. The van der Waals surface area contributed by atoms with E-state index in [0.717, 1.165) is 19.3 Å². The van der Waals surface area contributed by atoms with Crippen molar-refractivity contribution in [1.29, 1.82) is 0 Å². The Labute approximate surface area is 83.3 Å². The van der Waals surface area contributed by atoms with Gasteiger partial charge in [-0.05, 0) is 24.0 Å². The van der Waals surface area contributed by atoms with Gasteiger partial charge in [0.05, 0.1) is 6.04 Å². The zero-order valence-electron chi connectivity index (χ0n) is 7.94. The van der Waals surface area contributed by atoms with Crippen molar-refractivity contribution in [3.05, 3.63) is 35.4 Å². The van der Waals surface area contributed by atoms with Gasteiger partial charge in [0.2, 0.25) is 6.41 Å². The molecule has 1 aromatic rings. The van der Waals surface area contributed by atoms with Crippen LogP contribution in [0.5, 0.6) is 0 Å². The van der Waals surface area contributed by atoms with E-state index >= 15 is 0 Å². The summed E-state index contributed by atoms with van der Waals surface area (Å²) in [5.74, 6) is 0. The minimum Gasteiger partial charge on any atom is -0.350 e. The zero-order chi connectivity index (χ0) is 9.97. The largest absolute Gasteiger partial charge is 0.350 e. The van der Waals surface area contributed by atoms with Crippen molar-refractivity contribution in [2.24, 2.45) is 5.73 Å². The summed E-state index contributed by atoms with van der Waals surface area (Å²) >= 11 is 0. The highest BCUT2D eigenvalue weighted by atomic mass is 16.1. The van der Waals surface area contributed by atoms with Gasteiger partial charge in [-0.1, -0.05) is 24.3 Å². The first kappa shape index (κ1) is 9.21. The van der Waals surface area contributed by atoms with Gasteiger partial charge in [0.25, 0.3) is 0 Å². The third-order valence-corrected chi connectivity index (χ3v) is 2.81. The number of nitrogens with one attached hydrogen (secondary N) is 1. The van der Waals surface area contributed by atoms with E-state index in [1.54, 1.807) is 0 Å². The van der Waals surface area contributed by atoms with E-state index in [4.69, 9.17) is 5.73 Å². The van der Waals surface area contributed by atoms with Crippen molar-refractivity contribution in [2.45, 2.75) is 24.9 Å². The molecule has 0 saturated heterocycles. The molecule has 3 nitrogen and oxygen atoms in total. The molecule has 74 valence electrons. The van der Waals surface area contributed by atoms with Crippen LogP contribution in [0.1, 0.15) is 23.6 Å². The van der Waals surface area contributed by atoms with Crippen LogP contribution < -0.4 is 11.1 Å². The highest BCUT2D eigenvalue weighted by Gasteiger charge is 2.25. The summed E-state index contributed by atoms with van der Waals surface area (Å²) in [6.07, 6.45) is 2.67. The molecule has 0 spiro atoms. The highest BCUT2D eigenvalue weighted by Crippen LogP contribution is 2.28. The molecule has 2 unspecified atom stereocenters. The lowest BCUT2D eigenvalue weighted by atomic mass is 9.84. The van der Waals surface area contributed by atoms with Crippen LogP contribution in [0.15, 0.2) is 24.3 Å². The minimum absolute atomic E-state index is 0.0163. The van der Waals surface area contributed by atoms with E-state index in [2.05, 4.69) is 11.4 Å². The fraction of sp³-hybridized carbons (Fsp3) is 0.364. The maximum absolute atomic E-state index is 10.5. The number of carbonyl (C=O) groups is 1. The molecule has 14 heavy (non-hydrogen) atoms. The van der Waals surface area contributed by atoms with Gasteiger partial charge >= 0.3 is 0 Å². The number of aryl methyl sites for hydroxylation is 1.